The van der Waals surface area contributed by atoms with E-state index in [0.29, 0.717) is 0 Å². The van der Waals surface area contributed by atoms with Crippen molar-refractivity contribution < 1.29 is 0 Å². The number of hydrogen-bond donors (Lipinski definition) is 0. The number of hydrogen-bond acceptors (Lipinski definition) is 0. The molecule has 0 N–H and O–H groups in total. The quantitative estimate of drug-likeness (QED) is 0.618. The van der Waals surface area contributed by atoms with Crippen LogP contribution in [0.5, 0.6) is 0 Å². The molecule has 0 fully saturated rings. The van der Waals surface area contributed by atoms with Crippen LogP contribution in [-0.2, 0) is 0 Å². The Labute approximate surface area is 76.4 Å². The first kappa shape index (κ1) is 10.2. The zero-order chi connectivity index (χ0) is 8.69. The molecule has 0 unspecified atom stereocenters. The largest absolute Gasteiger partial charge is 0.106 e. The predicted molar refractivity (Wildman–Crippen MR) is 55.5 cm³/mol. The molecule has 0 saturated carbocycles. The number of benzene rings is 1. The van der Waals surface area contributed by atoms with Crippen molar-refractivity contribution in [2.75, 3.05) is 0 Å². The van der Waals surface area contributed by atoms with E-state index < -0.39 is 0 Å². The van der Waals surface area contributed by atoms with E-state index in [0.717, 1.165) is 10.0 Å². The summed E-state index contributed by atoms with van der Waals surface area (Å²) in [6.45, 7) is 9.66. The minimum Gasteiger partial charge on any atom is -0.106 e. The summed E-state index contributed by atoms with van der Waals surface area (Å²) in [6.07, 6.45) is 1.82. The number of rotatable bonds is 1. The molecule has 0 saturated heterocycles. The highest BCUT2D eigenvalue weighted by atomic mass is 79.9. The SMILES string of the molecule is C=C.C=Cc1ccccc1Br. The van der Waals surface area contributed by atoms with Crippen LogP contribution in [-0.4, -0.2) is 0 Å². The average molecular weight is 211 g/mol. The molecule has 11 heavy (non-hydrogen) atoms. The zero-order valence-corrected chi connectivity index (χ0v) is 7.97. The fourth-order valence-electron chi connectivity index (χ4n) is 0.641. The molecular weight excluding hydrogens is 200 g/mol. The van der Waals surface area contributed by atoms with Crippen LogP contribution in [0.3, 0.4) is 0 Å². The molecule has 0 aliphatic heterocycles. The van der Waals surface area contributed by atoms with Crippen LogP contribution in [0.25, 0.3) is 6.08 Å². The summed E-state index contributed by atoms with van der Waals surface area (Å²) in [4.78, 5) is 0. The molecule has 0 atom stereocenters. The molecule has 0 aliphatic carbocycles. The van der Waals surface area contributed by atoms with Gasteiger partial charge in [-0.25, -0.2) is 0 Å². The monoisotopic (exact) mass is 210 g/mol. The molecule has 1 heteroatoms. The maximum atomic E-state index is 3.66. The van der Waals surface area contributed by atoms with Crippen LogP contribution >= 0.6 is 15.9 Å². The smallest absolute Gasteiger partial charge is 0.0247 e. The van der Waals surface area contributed by atoms with Gasteiger partial charge in [-0.2, -0.15) is 0 Å². The maximum Gasteiger partial charge on any atom is 0.0247 e. The molecule has 0 nitrogen and oxygen atoms in total. The third-order valence-corrected chi connectivity index (χ3v) is 1.85. The summed E-state index contributed by atoms with van der Waals surface area (Å²) in [5.41, 5.74) is 1.14. The molecule has 0 amide bonds. The molecule has 1 aromatic carbocycles. The fourth-order valence-corrected chi connectivity index (χ4v) is 1.09. The Bertz CT molecular complexity index is 228. The minimum absolute atomic E-state index is 1.10. The lowest BCUT2D eigenvalue weighted by molar-refractivity contribution is 1.61. The van der Waals surface area contributed by atoms with Gasteiger partial charge in [0.2, 0.25) is 0 Å². The summed E-state index contributed by atoms with van der Waals surface area (Å²) >= 11 is 3.39. The van der Waals surface area contributed by atoms with E-state index in [4.69, 9.17) is 0 Å². The van der Waals surface area contributed by atoms with E-state index >= 15 is 0 Å². The fraction of sp³-hybridized carbons (Fsp3) is 0. The summed E-state index contributed by atoms with van der Waals surface area (Å²) in [7, 11) is 0. The van der Waals surface area contributed by atoms with E-state index in [-0.39, 0.29) is 0 Å². The average Bonchev–Trinajstić information content (AvgIpc) is 2.09. The second kappa shape index (κ2) is 5.93. The van der Waals surface area contributed by atoms with Crippen LogP contribution < -0.4 is 0 Å². The van der Waals surface area contributed by atoms with Crippen LogP contribution in [0.4, 0.5) is 0 Å². The van der Waals surface area contributed by atoms with Gasteiger partial charge < -0.3 is 0 Å². The summed E-state index contributed by atoms with van der Waals surface area (Å²) in [6, 6.07) is 7.98. The Balaban J connectivity index is 0.000000461. The van der Waals surface area contributed by atoms with Gasteiger partial charge in [0.05, 0.1) is 0 Å². The van der Waals surface area contributed by atoms with Crippen molar-refractivity contribution in [3.05, 3.63) is 54.0 Å². The molecular formula is C10H11Br. The van der Waals surface area contributed by atoms with Gasteiger partial charge in [-0.3, -0.25) is 0 Å². The zero-order valence-electron chi connectivity index (χ0n) is 6.39. The van der Waals surface area contributed by atoms with E-state index in [2.05, 4.69) is 35.7 Å². The Morgan fingerprint density at radius 1 is 1.18 bits per heavy atom. The predicted octanol–water partition coefficient (Wildman–Crippen LogP) is 3.89. The summed E-state index contributed by atoms with van der Waals surface area (Å²) < 4.78 is 1.10. The lowest BCUT2D eigenvalue weighted by Gasteiger charge is -1.93. The first-order valence-electron chi connectivity index (χ1n) is 3.21. The van der Waals surface area contributed by atoms with Crippen LogP contribution in [0, 0.1) is 0 Å². The van der Waals surface area contributed by atoms with E-state index in [1.54, 1.807) is 0 Å². The van der Waals surface area contributed by atoms with Crippen LogP contribution in [0.2, 0.25) is 0 Å². The highest BCUT2D eigenvalue weighted by Gasteiger charge is 1.88. The van der Waals surface area contributed by atoms with Crippen molar-refractivity contribution in [1.29, 1.82) is 0 Å². The number of halogens is 1. The Morgan fingerprint density at radius 3 is 2.09 bits per heavy atom. The molecule has 58 valence electrons. The third kappa shape index (κ3) is 3.19. The molecule has 0 aliphatic rings. The Morgan fingerprint density at radius 2 is 1.73 bits per heavy atom. The lowest BCUT2D eigenvalue weighted by Crippen LogP contribution is -1.70. The molecule has 0 aromatic heterocycles. The molecule has 0 radical (unpaired) electrons. The molecule has 0 spiro atoms. The minimum atomic E-state index is 1.10. The highest BCUT2D eigenvalue weighted by molar-refractivity contribution is 9.10. The van der Waals surface area contributed by atoms with Gasteiger partial charge in [-0.15, -0.1) is 13.2 Å². The van der Waals surface area contributed by atoms with Gasteiger partial charge in [-0.05, 0) is 11.6 Å². The van der Waals surface area contributed by atoms with Crippen molar-refractivity contribution in [3.8, 4) is 0 Å². The summed E-state index contributed by atoms with van der Waals surface area (Å²) in [5, 5.41) is 0. The normalized spacial score (nSPS) is 7.73. The molecule has 0 bridgehead atoms. The van der Waals surface area contributed by atoms with Gasteiger partial charge in [-0.1, -0.05) is 46.8 Å². The first-order valence-corrected chi connectivity index (χ1v) is 4.01. The topological polar surface area (TPSA) is 0 Å². The van der Waals surface area contributed by atoms with Gasteiger partial charge in [0.15, 0.2) is 0 Å². The Hall–Kier alpha value is -0.820. The van der Waals surface area contributed by atoms with Crippen molar-refractivity contribution in [2.24, 2.45) is 0 Å². The van der Waals surface area contributed by atoms with Crippen molar-refractivity contribution in [2.45, 2.75) is 0 Å². The van der Waals surface area contributed by atoms with Gasteiger partial charge in [0.1, 0.15) is 0 Å². The van der Waals surface area contributed by atoms with Gasteiger partial charge >= 0.3 is 0 Å². The molecule has 0 heterocycles. The van der Waals surface area contributed by atoms with Crippen molar-refractivity contribution >= 4 is 22.0 Å². The van der Waals surface area contributed by atoms with Crippen LogP contribution in [0.1, 0.15) is 5.56 Å². The second-order valence-electron chi connectivity index (χ2n) is 1.73. The third-order valence-electron chi connectivity index (χ3n) is 1.13. The van der Waals surface area contributed by atoms with Crippen LogP contribution in [0.15, 0.2) is 48.5 Å². The van der Waals surface area contributed by atoms with Gasteiger partial charge in [0.25, 0.3) is 0 Å². The molecule has 1 aromatic rings. The van der Waals surface area contributed by atoms with E-state index in [9.17, 15) is 0 Å². The summed E-state index contributed by atoms with van der Waals surface area (Å²) in [5.74, 6) is 0. The van der Waals surface area contributed by atoms with Crippen molar-refractivity contribution in [1.82, 2.24) is 0 Å². The van der Waals surface area contributed by atoms with E-state index in [1.807, 2.05) is 30.3 Å². The van der Waals surface area contributed by atoms with Gasteiger partial charge in [0, 0.05) is 4.47 Å². The second-order valence-corrected chi connectivity index (χ2v) is 2.58. The first-order chi connectivity index (χ1) is 5.34. The Kier molecular flexibility index (Phi) is 5.49. The highest BCUT2D eigenvalue weighted by Crippen LogP contribution is 2.15. The standard InChI is InChI=1S/C8H7Br.C2H4/c1-2-7-5-3-4-6-8(7)9;1-2/h2-6H,1H2;1-2H2. The van der Waals surface area contributed by atoms with Crippen molar-refractivity contribution in [3.63, 3.8) is 0 Å². The lowest BCUT2D eigenvalue weighted by atomic mass is 10.2. The molecule has 1 rings (SSSR count). The maximum absolute atomic E-state index is 3.66. The van der Waals surface area contributed by atoms with E-state index in [1.165, 1.54) is 0 Å².